The first-order valence-corrected chi connectivity index (χ1v) is 9.72. The van der Waals surface area contributed by atoms with Crippen molar-refractivity contribution in [2.75, 3.05) is 11.9 Å². The molecule has 1 atom stereocenters. The fourth-order valence-electron chi connectivity index (χ4n) is 3.02. The van der Waals surface area contributed by atoms with Crippen molar-refractivity contribution in [2.45, 2.75) is 33.2 Å². The second kappa shape index (κ2) is 9.19. The summed E-state index contributed by atoms with van der Waals surface area (Å²) in [6, 6.07) is 17.4. The van der Waals surface area contributed by atoms with Gasteiger partial charge in [-0.15, -0.1) is 0 Å². The van der Waals surface area contributed by atoms with Crippen molar-refractivity contribution in [1.29, 1.82) is 0 Å². The second-order valence-corrected chi connectivity index (χ2v) is 6.74. The van der Waals surface area contributed by atoms with Crippen LogP contribution in [0.5, 0.6) is 5.75 Å². The molecule has 29 heavy (non-hydrogen) atoms. The molecule has 0 bridgehead atoms. The number of nitrogens with one attached hydrogen (secondary N) is 1. The number of hydrogen-bond acceptors (Lipinski definition) is 4. The van der Waals surface area contributed by atoms with Gasteiger partial charge in [0.2, 0.25) is 5.91 Å². The van der Waals surface area contributed by atoms with Crippen LogP contribution in [-0.2, 0) is 4.79 Å². The van der Waals surface area contributed by atoms with E-state index in [4.69, 9.17) is 4.74 Å². The van der Waals surface area contributed by atoms with Crippen molar-refractivity contribution in [3.8, 4) is 17.0 Å². The molecule has 3 aromatic rings. The molecule has 1 heterocycles. The zero-order chi connectivity index (χ0) is 20.8. The highest BCUT2D eigenvalue weighted by atomic mass is 16.5. The molecular formula is C23H25N3O3. The van der Waals surface area contributed by atoms with Gasteiger partial charge in [0, 0.05) is 17.3 Å². The van der Waals surface area contributed by atoms with Gasteiger partial charge < -0.3 is 10.1 Å². The summed E-state index contributed by atoms with van der Waals surface area (Å²) in [5, 5.41) is 7.33. The molecule has 1 N–H and O–H groups in total. The standard InChI is InChI=1S/C23H25N3O3/c1-4-21(23(28)24-18-10-12-19(13-11-18)29-5-2)26-22(27)15-14-20(25-26)17-8-6-16(3)7-9-17/h6-15,21H,4-5H2,1-3H3,(H,24,28)/t21-/m1/s1. The predicted octanol–water partition coefficient (Wildman–Crippen LogP) is 4.21. The second-order valence-electron chi connectivity index (χ2n) is 6.74. The molecule has 0 aliphatic heterocycles. The van der Waals surface area contributed by atoms with Gasteiger partial charge in [-0.1, -0.05) is 36.8 Å². The molecule has 0 aliphatic carbocycles. The van der Waals surface area contributed by atoms with E-state index in [2.05, 4.69) is 10.4 Å². The van der Waals surface area contributed by atoms with E-state index in [0.717, 1.165) is 16.9 Å². The summed E-state index contributed by atoms with van der Waals surface area (Å²) in [6.07, 6.45) is 0.438. The summed E-state index contributed by atoms with van der Waals surface area (Å²) < 4.78 is 6.68. The highest BCUT2D eigenvalue weighted by Gasteiger charge is 2.21. The zero-order valence-electron chi connectivity index (χ0n) is 16.9. The van der Waals surface area contributed by atoms with E-state index in [0.29, 0.717) is 24.4 Å². The number of ether oxygens (including phenoxy) is 1. The van der Waals surface area contributed by atoms with Crippen molar-refractivity contribution in [1.82, 2.24) is 9.78 Å². The molecule has 1 aromatic heterocycles. The van der Waals surface area contributed by atoms with E-state index in [1.165, 1.54) is 10.7 Å². The lowest BCUT2D eigenvalue weighted by Crippen LogP contribution is -2.34. The number of benzene rings is 2. The number of amides is 1. The van der Waals surface area contributed by atoms with Gasteiger partial charge in [-0.25, -0.2) is 4.68 Å². The maximum atomic E-state index is 12.9. The maximum absolute atomic E-state index is 12.9. The SMILES string of the molecule is CCOc1ccc(NC(=O)[C@@H](CC)n2nc(-c3ccc(C)cc3)ccc2=O)cc1. The van der Waals surface area contributed by atoms with Crippen LogP contribution in [0.4, 0.5) is 5.69 Å². The minimum atomic E-state index is -0.709. The molecule has 6 nitrogen and oxygen atoms in total. The molecule has 0 spiro atoms. The lowest BCUT2D eigenvalue weighted by molar-refractivity contribution is -0.119. The van der Waals surface area contributed by atoms with E-state index in [1.807, 2.05) is 45.0 Å². The number of nitrogens with zero attached hydrogens (tertiary/aromatic N) is 2. The van der Waals surface area contributed by atoms with E-state index in [9.17, 15) is 9.59 Å². The van der Waals surface area contributed by atoms with Crippen molar-refractivity contribution in [3.05, 3.63) is 76.6 Å². The number of carbonyl (C=O) groups is 1. The Labute approximate surface area is 170 Å². The van der Waals surface area contributed by atoms with Gasteiger partial charge in [-0.2, -0.15) is 5.10 Å². The molecule has 1 amide bonds. The molecule has 0 unspecified atom stereocenters. The lowest BCUT2D eigenvalue weighted by atomic mass is 10.1. The number of anilines is 1. The van der Waals surface area contributed by atoms with Gasteiger partial charge in [-0.05, 0) is 50.6 Å². The molecule has 0 saturated carbocycles. The molecule has 6 heteroatoms. The third-order valence-corrected chi connectivity index (χ3v) is 4.59. The van der Waals surface area contributed by atoms with Gasteiger partial charge in [0.1, 0.15) is 11.8 Å². The normalized spacial score (nSPS) is 11.7. The Morgan fingerprint density at radius 3 is 2.34 bits per heavy atom. The molecule has 0 saturated heterocycles. The number of carbonyl (C=O) groups excluding carboxylic acids is 1. The topological polar surface area (TPSA) is 73.2 Å². The summed E-state index contributed by atoms with van der Waals surface area (Å²) in [5.41, 5.74) is 3.01. The first-order chi connectivity index (χ1) is 14.0. The average Bonchev–Trinajstić information content (AvgIpc) is 2.72. The molecular weight excluding hydrogens is 366 g/mol. The summed E-state index contributed by atoms with van der Waals surface area (Å²) in [5.74, 6) is 0.452. The van der Waals surface area contributed by atoms with Gasteiger partial charge >= 0.3 is 0 Å². The van der Waals surface area contributed by atoms with Crippen LogP contribution in [0.25, 0.3) is 11.3 Å². The molecule has 0 aliphatic rings. The molecule has 2 aromatic carbocycles. The van der Waals surface area contributed by atoms with Crippen LogP contribution >= 0.6 is 0 Å². The number of aromatic nitrogens is 2. The monoisotopic (exact) mass is 391 g/mol. The Kier molecular flexibility index (Phi) is 6.44. The van der Waals surface area contributed by atoms with Gasteiger partial charge in [-0.3, -0.25) is 9.59 Å². The third kappa shape index (κ3) is 4.90. The minimum absolute atomic E-state index is 0.285. The largest absolute Gasteiger partial charge is 0.494 e. The highest BCUT2D eigenvalue weighted by Crippen LogP contribution is 2.20. The summed E-state index contributed by atoms with van der Waals surface area (Å²) in [6.45, 7) is 6.36. The Balaban J connectivity index is 1.84. The Morgan fingerprint density at radius 2 is 1.72 bits per heavy atom. The summed E-state index contributed by atoms with van der Waals surface area (Å²) in [7, 11) is 0. The van der Waals surface area contributed by atoms with E-state index in [-0.39, 0.29) is 11.5 Å². The molecule has 0 radical (unpaired) electrons. The van der Waals surface area contributed by atoms with Crippen LogP contribution in [0.1, 0.15) is 31.9 Å². The van der Waals surface area contributed by atoms with E-state index in [1.54, 1.807) is 30.3 Å². The van der Waals surface area contributed by atoms with Crippen LogP contribution in [0.3, 0.4) is 0 Å². The smallest absolute Gasteiger partial charge is 0.267 e. The Bertz CT molecular complexity index is 1020. The van der Waals surface area contributed by atoms with Crippen LogP contribution in [0.15, 0.2) is 65.5 Å². The summed E-state index contributed by atoms with van der Waals surface area (Å²) in [4.78, 5) is 25.3. The fourth-order valence-corrected chi connectivity index (χ4v) is 3.02. The maximum Gasteiger partial charge on any atom is 0.267 e. The molecule has 150 valence electrons. The highest BCUT2D eigenvalue weighted by molar-refractivity contribution is 5.93. The molecule has 0 fully saturated rings. The summed E-state index contributed by atoms with van der Waals surface area (Å²) >= 11 is 0. The Hall–Kier alpha value is -3.41. The van der Waals surface area contributed by atoms with Crippen molar-refractivity contribution >= 4 is 11.6 Å². The van der Waals surface area contributed by atoms with Crippen molar-refractivity contribution < 1.29 is 9.53 Å². The minimum Gasteiger partial charge on any atom is -0.494 e. The van der Waals surface area contributed by atoms with Gasteiger partial charge in [0.25, 0.3) is 5.56 Å². The van der Waals surface area contributed by atoms with Crippen LogP contribution in [0, 0.1) is 6.92 Å². The number of aryl methyl sites for hydroxylation is 1. The average molecular weight is 391 g/mol. The Morgan fingerprint density at radius 1 is 1.03 bits per heavy atom. The van der Waals surface area contributed by atoms with Gasteiger partial charge in [0.05, 0.1) is 12.3 Å². The predicted molar refractivity (Wildman–Crippen MR) is 114 cm³/mol. The number of rotatable bonds is 7. The third-order valence-electron chi connectivity index (χ3n) is 4.59. The molecule has 3 rings (SSSR count). The number of hydrogen-bond donors (Lipinski definition) is 1. The van der Waals surface area contributed by atoms with Crippen LogP contribution in [-0.4, -0.2) is 22.3 Å². The van der Waals surface area contributed by atoms with Crippen molar-refractivity contribution in [3.63, 3.8) is 0 Å². The van der Waals surface area contributed by atoms with E-state index >= 15 is 0 Å². The lowest BCUT2D eigenvalue weighted by Gasteiger charge is -2.17. The van der Waals surface area contributed by atoms with Gasteiger partial charge in [0.15, 0.2) is 0 Å². The fraction of sp³-hybridized carbons (Fsp3) is 0.261. The first kappa shape index (κ1) is 20.3. The van der Waals surface area contributed by atoms with Crippen LogP contribution in [0.2, 0.25) is 0 Å². The van der Waals surface area contributed by atoms with E-state index < -0.39 is 6.04 Å². The first-order valence-electron chi connectivity index (χ1n) is 9.72. The quantitative estimate of drug-likeness (QED) is 0.655. The van der Waals surface area contributed by atoms with Crippen molar-refractivity contribution in [2.24, 2.45) is 0 Å². The van der Waals surface area contributed by atoms with Crippen LogP contribution < -0.4 is 15.6 Å². The zero-order valence-corrected chi connectivity index (χ0v) is 16.9.